The fraction of sp³-hybridized carbons (Fsp3) is 0.462. The number of carbonyl (C=O) groups is 2. The van der Waals surface area contributed by atoms with E-state index < -0.39 is 5.97 Å². The van der Waals surface area contributed by atoms with E-state index in [1.807, 2.05) is 0 Å². The molecule has 0 saturated heterocycles. The molecule has 1 saturated carbocycles. The summed E-state index contributed by atoms with van der Waals surface area (Å²) in [5.41, 5.74) is 0.0457. The van der Waals surface area contributed by atoms with Crippen LogP contribution in [0.4, 0.5) is 5.82 Å². The Bertz CT molecular complexity index is 518. The van der Waals surface area contributed by atoms with Crippen LogP contribution in [-0.2, 0) is 4.79 Å². The minimum atomic E-state index is -1.07. The highest BCUT2D eigenvalue weighted by molar-refractivity contribution is 6.33. The van der Waals surface area contributed by atoms with Crippen molar-refractivity contribution in [1.29, 1.82) is 0 Å². The van der Waals surface area contributed by atoms with Crippen molar-refractivity contribution in [2.24, 2.45) is 0 Å². The van der Waals surface area contributed by atoms with Gasteiger partial charge in [-0.25, -0.2) is 9.78 Å². The van der Waals surface area contributed by atoms with Crippen LogP contribution in [0, 0.1) is 0 Å². The van der Waals surface area contributed by atoms with Crippen LogP contribution in [-0.4, -0.2) is 34.6 Å². The largest absolute Gasteiger partial charge is 0.478 e. The molecule has 20 heavy (non-hydrogen) atoms. The van der Waals surface area contributed by atoms with Crippen LogP contribution in [0.3, 0.4) is 0 Å². The Morgan fingerprint density at radius 1 is 1.45 bits per heavy atom. The number of carboxylic acids is 1. The Balaban J connectivity index is 1.73. The Labute approximate surface area is 121 Å². The SMILES string of the molecule is O=C(CCCNc1ncc(C(=O)O)cc1Cl)NC1CC1. The predicted molar refractivity (Wildman–Crippen MR) is 75.1 cm³/mol. The van der Waals surface area contributed by atoms with Crippen molar-refractivity contribution in [3.05, 3.63) is 22.8 Å². The fourth-order valence-electron chi connectivity index (χ4n) is 1.67. The molecule has 0 bridgehead atoms. The first-order chi connectivity index (χ1) is 9.56. The Hall–Kier alpha value is -1.82. The van der Waals surface area contributed by atoms with Crippen molar-refractivity contribution in [2.45, 2.75) is 31.7 Å². The zero-order chi connectivity index (χ0) is 14.5. The van der Waals surface area contributed by atoms with Gasteiger partial charge in [-0.1, -0.05) is 11.6 Å². The molecule has 7 heteroatoms. The van der Waals surface area contributed by atoms with Crippen molar-refractivity contribution in [3.63, 3.8) is 0 Å². The summed E-state index contributed by atoms with van der Waals surface area (Å²) >= 11 is 5.92. The number of nitrogens with zero attached hydrogens (tertiary/aromatic N) is 1. The lowest BCUT2D eigenvalue weighted by Crippen LogP contribution is -2.25. The van der Waals surface area contributed by atoms with Crippen LogP contribution in [0.15, 0.2) is 12.3 Å². The van der Waals surface area contributed by atoms with Gasteiger partial charge < -0.3 is 15.7 Å². The van der Waals surface area contributed by atoms with Gasteiger partial charge in [0, 0.05) is 25.2 Å². The molecule has 0 aromatic carbocycles. The van der Waals surface area contributed by atoms with Crippen LogP contribution >= 0.6 is 11.6 Å². The number of rotatable bonds is 7. The van der Waals surface area contributed by atoms with E-state index in [1.54, 1.807) is 0 Å². The molecular formula is C13H16ClN3O3. The summed E-state index contributed by atoms with van der Waals surface area (Å²) in [6.07, 6.45) is 4.53. The molecule has 0 unspecified atom stereocenters. The van der Waals surface area contributed by atoms with Gasteiger partial charge in [0.2, 0.25) is 5.91 Å². The Morgan fingerprint density at radius 3 is 2.80 bits per heavy atom. The zero-order valence-corrected chi connectivity index (χ0v) is 11.6. The lowest BCUT2D eigenvalue weighted by atomic mass is 10.2. The number of hydrogen-bond acceptors (Lipinski definition) is 4. The zero-order valence-electron chi connectivity index (χ0n) is 10.9. The lowest BCUT2D eigenvalue weighted by Gasteiger charge is -2.08. The number of carboxylic acid groups (broad SMARTS) is 1. The van der Waals surface area contributed by atoms with Gasteiger partial charge >= 0.3 is 5.97 Å². The van der Waals surface area contributed by atoms with E-state index in [-0.39, 0.29) is 16.5 Å². The summed E-state index contributed by atoms with van der Waals surface area (Å²) in [6.45, 7) is 0.553. The van der Waals surface area contributed by atoms with E-state index in [9.17, 15) is 9.59 Å². The molecule has 0 atom stereocenters. The topological polar surface area (TPSA) is 91.3 Å². The third-order valence-corrected chi connectivity index (χ3v) is 3.19. The van der Waals surface area contributed by atoms with Crippen LogP contribution in [0.5, 0.6) is 0 Å². The smallest absolute Gasteiger partial charge is 0.337 e. The maximum Gasteiger partial charge on any atom is 0.337 e. The number of aromatic nitrogens is 1. The predicted octanol–water partition coefficient (Wildman–Crippen LogP) is 1.90. The highest BCUT2D eigenvalue weighted by Crippen LogP contribution is 2.20. The number of carbonyl (C=O) groups excluding carboxylic acids is 1. The number of hydrogen-bond donors (Lipinski definition) is 3. The molecule has 0 spiro atoms. The number of anilines is 1. The number of amides is 1. The Morgan fingerprint density at radius 2 is 2.20 bits per heavy atom. The number of halogens is 1. The second-order valence-electron chi connectivity index (χ2n) is 4.73. The summed E-state index contributed by atoms with van der Waals surface area (Å²) < 4.78 is 0. The monoisotopic (exact) mass is 297 g/mol. The number of pyridine rings is 1. The fourth-order valence-corrected chi connectivity index (χ4v) is 1.90. The van der Waals surface area contributed by atoms with Gasteiger partial charge in [-0.05, 0) is 25.3 Å². The van der Waals surface area contributed by atoms with Gasteiger partial charge in [0.25, 0.3) is 0 Å². The average molecular weight is 298 g/mol. The average Bonchev–Trinajstić information content (AvgIpc) is 3.19. The number of nitrogens with one attached hydrogen (secondary N) is 2. The van der Waals surface area contributed by atoms with Gasteiger partial charge in [-0.2, -0.15) is 0 Å². The van der Waals surface area contributed by atoms with Crippen LogP contribution in [0.25, 0.3) is 0 Å². The van der Waals surface area contributed by atoms with Crippen LogP contribution in [0.2, 0.25) is 5.02 Å². The summed E-state index contributed by atoms with van der Waals surface area (Å²) in [4.78, 5) is 26.1. The van der Waals surface area contributed by atoms with E-state index in [0.29, 0.717) is 31.2 Å². The first kappa shape index (κ1) is 14.6. The molecule has 2 rings (SSSR count). The molecule has 3 N–H and O–H groups in total. The third-order valence-electron chi connectivity index (χ3n) is 2.90. The maximum absolute atomic E-state index is 11.4. The summed E-state index contributed by atoms with van der Waals surface area (Å²) in [7, 11) is 0. The molecule has 1 aromatic heterocycles. The van der Waals surface area contributed by atoms with Crippen molar-refractivity contribution < 1.29 is 14.7 Å². The van der Waals surface area contributed by atoms with Crippen LogP contribution < -0.4 is 10.6 Å². The second-order valence-corrected chi connectivity index (χ2v) is 5.14. The summed E-state index contributed by atoms with van der Waals surface area (Å²) in [6, 6.07) is 1.73. The molecule has 1 amide bonds. The van der Waals surface area contributed by atoms with Crippen molar-refractivity contribution in [1.82, 2.24) is 10.3 Å². The molecule has 108 valence electrons. The molecule has 1 fully saturated rings. The normalized spacial score (nSPS) is 13.8. The number of aromatic carboxylic acids is 1. The van der Waals surface area contributed by atoms with Gasteiger partial charge in [0.15, 0.2) is 0 Å². The van der Waals surface area contributed by atoms with Crippen molar-refractivity contribution >= 4 is 29.3 Å². The minimum absolute atomic E-state index is 0.0457. The van der Waals surface area contributed by atoms with Gasteiger partial charge in [0.1, 0.15) is 5.82 Å². The molecule has 0 aliphatic heterocycles. The molecule has 6 nitrogen and oxygen atoms in total. The highest BCUT2D eigenvalue weighted by Gasteiger charge is 2.22. The van der Waals surface area contributed by atoms with E-state index in [4.69, 9.17) is 16.7 Å². The minimum Gasteiger partial charge on any atom is -0.478 e. The standard InChI is InChI=1S/C13H16ClN3O3/c14-10-6-8(13(19)20)7-16-12(10)15-5-1-2-11(18)17-9-3-4-9/h6-7,9H,1-5H2,(H,15,16)(H,17,18)(H,19,20). The second kappa shape index (κ2) is 6.56. The maximum atomic E-state index is 11.4. The molecule has 1 aromatic rings. The van der Waals surface area contributed by atoms with Crippen LogP contribution in [0.1, 0.15) is 36.0 Å². The first-order valence-corrected chi connectivity index (χ1v) is 6.86. The van der Waals surface area contributed by atoms with E-state index in [2.05, 4.69) is 15.6 Å². The molecule has 1 aliphatic rings. The highest BCUT2D eigenvalue weighted by atomic mass is 35.5. The van der Waals surface area contributed by atoms with E-state index >= 15 is 0 Å². The third kappa shape index (κ3) is 4.38. The molecule has 0 radical (unpaired) electrons. The summed E-state index contributed by atoms with van der Waals surface area (Å²) in [5, 5.41) is 14.9. The lowest BCUT2D eigenvalue weighted by molar-refractivity contribution is -0.121. The van der Waals surface area contributed by atoms with Crippen molar-refractivity contribution in [2.75, 3.05) is 11.9 Å². The molecular weight excluding hydrogens is 282 g/mol. The first-order valence-electron chi connectivity index (χ1n) is 6.48. The van der Waals surface area contributed by atoms with E-state index in [0.717, 1.165) is 12.8 Å². The Kier molecular flexibility index (Phi) is 4.79. The summed E-state index contributed by atoms with van der Waals surface area (Å²) in [5.74, 6) is -0.573. The quantitative estimate of drug-likeness (QED) is 0.669. The van der Waals surface area contributed by atoms with E-state index in [1.165, 1.54) is 12.3 Å². The van der Waals surface area contributed by atoms with Gasteiger partial charge in [0.05, 0.1) is 10.6 Å². The molecule has 1 heterocycles. The molecule has 1 aliphatic carbocycles. The van der Waals surface area contributed by atoms with Gasteiger partial charge in [-0.15, -0.1) is 0 Å². The van der Waals surface area contributed by atoms with Crippen molar-refractivity contribution in [3.8, 4) is 0 Å². The van der Waals surface area contributed by atoms with Gasteiger partial charge in [-0.3, -0.25) is 4.79 Å².